The van der Waals surface area contributed by atoms with E-state index >= 15 is 0 Å². The van der Waals surface area contributed by atoms with Crippen molar-refractivity contribution in [3.63, 3.8) is 0 Å². The van der Waals surface area contributed by atoms with Crippen LogP contribution in [0.5, 0.6) is 11.5 Å². The van der Waals surface area contributed by atoms with Gasteiger partial charge in [0.25, 0.3) is 0 Å². The second-order valence-corrected chi connectivity index (χ2v) is 2.76. The maximum Gasteiger partial charge on any atom is 0.216 e. The number of hydrogen-bond donors (Lipinski definition) is 3. The Morgan fingerprint density at radius 3 is 3.18 bits per heavy atom. The van der Waals surface area contributed by atoms with E-state index in [4.69, 9.17) is 9.84 Å². The molecule has 1 aromatic rings. The van der Waals surface area contributed by atoms with Crippen LogP contribution in [0.15, 0.2) is 18.2 Å². The molecule has 0 spiro atoms. The second-order valence-electron chi connectivity index (χ2n) is 2.30. The summed E-state index contributed by atoms with van der Waals surface area (Å²) in [5, 5.41) is 12.0. The summed E-state index contributed by atoms with van der Waals surface area (Å²) < 4.78 is 5.18. The Kier molecular flexibility index (Phi) is 1.35. The first-order valence-corrected chi connectivity index (χ1v) is 3.71. The van der Waals surface area contributed by atoms with Crippen LogP contribution in [0.2, 0.25) is 0 Å². The highest BCUT2D eigenvalue weighted by Crippen LogP contribution is 2.35. The maximum absolute atomic E-state index is 9.05. The number of phenolic OH excluding ortho intramolecular Hbond substituents is 1. The fourth-order valence-electron chi connectivity index (χ4n) is 1.01. The highest BCUT2D eigenvalue weighted by molar-refractivity contribution is 7.80. The maximum atomic E-state index is 9.05. The first kappa shape index (κ1) is 6.67. The van der Waals surface area contributed by atoms with Crippen molar-refractivity contribution in [1.82, 2.24) is 0 Å². The lowest BCUT2D eigenvalue weighted by Gasteiger charge is -1.99. The molecule has 4 heteroatoms. The molecule has 0 aliphatic carbocycles. The summed E-state index contributed by atoms with van der Waals surface area (Å²) in [6, 6.07) is 4.90. The zero-order valence-corrected chi connectivity index (χ0v) is 6.51. The number of thiol groups is 1. The number of phenols is 1. The lowest BCUT2D eigenvalue weighted by molar-refractivity contribution is 0.340. The number of nitrogens with one attached hydrogen (secondary N) is 1. The Morgan fingerprint density at radius 1 is 1.55 bits per heavy atom. The smallest absolute Gasteiger partial charge is 0.216 e. The molecule has 0 radical (unpaired) electrons. The normalized spacial score (nSPS) is 20.3. The fourth-order valence-corrected chi connectivity index (χ4v) is 1.26. The molecule has 1 aliphatic rings. The molecule has 1 atom stereocenters. The van der Waals surface area contributed by atoms with E-state index < -0.39 is 0 Å². The number of hydrogen-bond acceptors (Lipinski definition) is 4. The topological polar surface area (TPSA) is 41.5 Å². The van der Waals surface area contributed by atoms with Crippen molar-refractivity contribution in [2.24, 2.45) is 0 Å². The second kappa shape index (κ2) is 2.23. The predicted octanol–water partition coefficient (Wildman–Crippen LogP) is 1.41. The van der Waals surface area contributed by atoms with Gasteiger partial charge in [-0.25, -0.2) is 0 Å². The van der Waals surface area contributed by atoms with Crippen LogP contribution in [0, 0.1) is 0 Å². The highest BCUT2D eigenvalue weighted by Gasteiger charge is 2.17. The molecule has 2 N–H and O–H groups in total. The summed E-state index contributed by atoms with van der Waals surface area (Å²) in [7, 11) is 0. The Labute approximate surface area is 69.4 Å². The first-order valence-electron chi connectivity index (χ1n) is 3.20. The average molecular weight is 169 g/mol. The number of ether oxygens (including phenoxy) is 1. The highest BCUT2D eigenvalue weighted by atomic mass is 32.1. The third-order valence-corrected chi connectivity index (χ3v) is 1.72. The van der Waals surface area contributed by atoms with Crippen LogP contribution >= 0.6 is 12.6 Å². The molecule has 0 saturated heterocycles. The SMILES string of the molecule is Oc1ccc2c(c1)OC(S)N2. The van der Waals surface area contributed by atoms with Gasteiger partial charge in [-0.05, 0) is 12.1 Å². The Morgan fingerprint density at radius 2 is 2.36 bits per heavy atom. The fraction of sp³-hybridized carbons (Fsp3) is 0.143. The predicted molar refractivity (Wildman–Crippen MR) is 45.1 cm³/mol. The summed E-state index contributed by atoms with van der Waals surface area (Å²) in [4.78, 5) is 0. The molecule has 0 bridgehead atoms. The number of fused-ring (bicyclic) bond motifs is 1. The molecule has 0 aromatic heterocycles. The molecule has 1 unspecified atom stereocenters. The van der Waals surface area contributed by atoms with Gasteiger partial charge in [-0.15, -0.1) is 12.6 Å². The van der Waals surface area contributed by atoms with Gasteiger partial charge in [-0.2, -0.15) is 0 Å². The third kappa shape index (κ3) is 1.09. The summed E-state index contributed by atoms with van der Waals surface area (Å²) in [5.41, 5.74) is 0.564. The molecule has 2 rings (SSSR count). The molecule has 1 aliphatic heterocycles. The number of rotatable bonds is 0. The van der Waals surface area contributed by atoms with Crippen molar-refractivity contribution in [3.05, 3.63) is 18.2 Å². The Bertz CT molecular complexity index is 290. The minimum Gasteiger partial charge on any atom is -0.508 e. The number of anilines is 1. The van der Waals surface area contributed by atoms with Crippen molar-refractivity contribution in [3.8, 4) is 11.5 Å². The zero-order valence-electron chi connectivity index (χ0n) is 5.61. The van der Waals surface area contributed by atoms with Crippen LogP contribution in [0.4, 0.5) is 5.69 Å². The van der Waals surface area contributed by atoms with Crippen molar-refractivity contribution in [1.29, 1.82) is 0 Å². The van der Waals surface area contributed by atoms with E-state index in [0.29, 0.717) is 5.75 Å². The molecular formula is C7H7NO2S. The van der Waals surface area contributed by atoms with Crippen molar-refractivity contribution in [2.75, 3.05) is 5.32 Å². The van der Waals surface area contributed by atoms with E-state index in [9.17, 15) is 0 Å². The molecule has 0 fully saturated rings. The minimum absolute atomic E-state index is 0.202. The molecule has 1 aromatic carbocycles. The van der Waals surface area contributed by atoms with Gasteiger partial charge in [0, 0.05) is 6.07 Å². The van der Waals surface area contributed by atoms with Crippen LogP contribution in [0.3, 0.4) is 0 Å². The molecule has 58 valence electrons. The summed E-state index contributed by atoms with van der Waals surface area (Å²) in [6.45, 7) is 0. The number of aromatic hydroxyl groups is 1. The molecule has 0 amide bonds. The monoisotopic (exact) mass is 169 g/mol. The Hall–Kier alpha value is -1.03. The molecular weight excluding hydrogens is 162 g/mol. The lowest BCUT2D eigenvalue weighted by atomic mass is 10.3. The van der Waals surface area contributed by atoms with Crippen LogP contribution in [0.1, 0.15) is 0 Å². The van der Waals surface area contributed by atoms with E-state index in [-0.39, 0.29) is 11.3 Å². The molecule has 3 nitrogen and oxygen atoms in total. The Balaban J connectivity index is 2.43. The largest absolute Gasteiger partial charge is 0.508 e. The first-order chi connectivity index (χ1) is 5.25. The standard InChI is InChI=1S/C7H7NO2S/c9-4-1-2-5-6(3-4)10-7(11)8-5/h1-3,7-9,11H. The van der Waals surface area contributed by atoms with Crippen LogP contribution in [0.25, 0.3) is 0 Å². The van der Waals surface area contributed by atoms with Gasteiger partial charge in [-0.3, -0.25) is 0 Å². The summed E-state index contributed by atoms with van der Waals surface area (Å²) in [6.07, 6.45) is 0. The van der Waals surface area contributed by atoms with E-state index in [1.54, 1.807) is 18.2 Å². The van der Waals surface area contributed by atoms with Gasteiger partial charge < -0.3 is 15.2 Å². The van der Waals surface area contributed by atoms with E-state index in [2.05, 4.69) is 17.9 Å². The van der Waals surface area contributed by atoms with E-state index in [0.717, 1.165) is 5.69 Å². The lowest BCUT2D eigenvalue weighted by Crippen LogP contribution is -2.10. The van der Waals surface area contributed by atoms with Gasteiger partial charge in [0.2, 0.25) is 5.56 Å². The van der Waals surface area contributed by atoms with Crippen molar-refractivity contribution in [2.45, 2.75) is 5.56 Å². The summed E-state index contributed by atoms with van der Waals surface area (Å²) >= 11 is 4.06. The zero-order chi connectivity index (χ0) is 7.84. The average Bonchev–Trinajstić information content (AvgIpc) is 2.27. The summed E-state index contributed by atoms with van der Waals surface area (Å²) in [5.74, 6) is 0.845. The molecule has 1 heterocycles. The minimum atomic E-state index is -0.299. The van der Waals surface area contributed by atoms with Gasteiger partial charge >= 0.3 is 0 Å². The van der Waals surface area contributed by atoms with Crippen molar-refractivity contribution < 1.29 is 9.84 Å². The van der Waals surface area contributed by atoms with Crippen LogP contribution in [-0.4, -0.2) is 10.7 Å². The van der Waals surface area contributed by atoms with Crippen molar-refractivity contribution >= 4 is 18.3 Å². The quantitative estimate of drug-likeness (QED) is 0.406. The van der Waals surface area contributed by atoms with Gasteiger partial charge in [0.1, 0.15) is 11.5 Å². The van der Waals surface area contributed by atoms with Crippen LogP contribution in [-0.2, 0) is 0 Å². The van der Waals surface area contributed by atoms with E-state index in [1.807, 2.05) is 0 Å². The van der Waals surface area contributed by atoms with Gasteiger partial charge in [0.15, 0.2) is 0 Å². The number of benzene rings is 1. The third-order valence-electron chi connectivity index (χ3n) is 1.48. The molecule has 0 saturated carbocycles. The van der Waals surface area contributed by atoms with Gasteiger partial charge in [-0.1, -0.05) is 0 Å². The van der Waals surface area contributed by atoms with Gasteiger partial charge in [0.05, 0.1) is 5.69 Å². The van der Waals surface area contributed by atoms with Crippen LogP contribution < -0.4 is 10.1 Å². The van der Waals surface area contributed by atoms with E-state index in [1.165, 1.54) is 0 Å². The molecule has 11 heavy (non-hydrogen) atoms.